The van der Waals surface area contributed by atoms with Gasteiger partial charge in [0.2, 0.25) is 0 Å². The van der Waals surface area contributed by atoms with Gasteiger partial charge in [0.05, 0.1) is 79.3 Å². The first-order valence-electron chi connectivity index (χ1n) is 39.4. The van der Waals surface area contributed by atoms with Crippen LogP contribution in [0.1, 0.15) is 250 Å². The highest BCUT2D eigenvalue weighted by atomic mass is 16.7. The van der Waals surface area contributed by atoms with Gasteiger partial charge in [0, 0.05) is 72.0 Å². The highest BCUT2D eigenvalue weighted by Gasteiger charge is 2.64. The van der Waals surface area contributed by atoms with Gasteiger partial charge in [-0.1, -0.05) is 0 Å². The Hall–Kier alpha value is -0.480. The van der Waals surface area contributed by atoms with Crippen molar-refractivity contribution in [1.29, 1.82) is 0 Å². The fourth-order valence-electron chi connectivity index (χ4n) is 26.7. The van der Waals surface area contributed by atoms with Gasteiger partial charge in [0.15, 0.2) is 34.7 Å². The Labute approximate surface area is 537 Å². The van der Waals surface area contributed by atoms with Crippen LogP contribution in [0.5, 0.6) is 0 Å². The number of rotatable bonds is 0. The topological polar surface area (TPSA) is 111 Å². The van der Waals surface area contributed by atoms with Crippen molar-refractivity contribution in [3.05, 3.63) is 0 Å². The van der Waals surface area contributed by atoms with E-state index in [1.165, 1.54) is 244 Å². The fourth-order valence-corrected chi connectivity index (χ4v) is 26.7. The maximum absolute atomic E-state index is 6.33. The van der Waals surface area contributed by atoms with Crippen LogP contribution in [-0.2, 0) is 56.8 Å². The molecule has 12 nitrogen and oxygen atoms in total. The zero-order chi connectivity index (χ0) is 59.1. The molecule has 4 atom stereocenters. The highest BCUT2D eigenvalue weighted by molar-refractivity contribution is 5.09. The Balaban J connectivity index is 0.0000000828. The fraction of sp³-hybridized carbons (Fsp3) is 1.00. The van der Waals surface area contributed by atoms with E-state index in [1.54, 1.807) is 0 Å². The summed E-state index contributed by atoms with van der Waals surface area (Å²) in [5.74, 6) is 16.3. The molecule has 0 aromatic carbocycles. The van der Waals surface area contributed by atoms with Crippen LogP contribution in [0.2, 0.25) is 0 Å². The minimum absolute atomic E-state index is 0.104. The second-order valence-corrected chi connectivity index (χ2v) is 35.0. The average molecular weight is 1240 g/mol. The first kappa shape index (κ1) is 62.1. The van der Waals surface area contributed by atoms with E-state index in [4.69, 9.17) is 56.8 Å². The Kier molecular flexibility index (Phi) is 18.2. The van der Waals surface area contributed by atoms with Crippen molar-refractivity contribution in [2.45, 2.75) is 285 Å². The lowest BCUT2D eigenvalue weighted by Crippen LogP contribution is -2.61. The van der Waals surface area contributed by atoms with Gasteiger partial charge in [-0.3, -0.25) is 0 Å². The monoisotopic (exact) mass is 1240 g/mol. The Bertz CT molecular complexity index is 2190. The van der Waals surface area contributed by atoms with Gasteiger partial charge in [0.25, 0.3) is 0 Å². The molecule has 26 rings (SSSR count). The predicted molar refractivity (Wildman–Crippen MR) is 338 cm³/mol. The summed E-state index contributed by atoms with van der Waals surface area (Å²) in [5.41, 5.74) is 0. The Morgan fingerprint density at radius 1 is 0.157 bits per heavy atom. The van der Waals surface area contributed by atoms with Crippen molar-refractivity contribution < 1.29 is 56.8 Å². The van der Waals surface area contributed by atoms with E-state index in [-0.39, 0.29) is 34.7 Å². The van der Waals surface area contributed by atoms with E-state index in [0.717, 1.165) is 198 Å². The molecular weight excluding hydrogens is 1120 g/mol. The number of ether oxygens (including phenoxy) is 12. The molecule has 20 saturated carbocycles. The third kappa shape index (κ3) is 11.8. The summed E-state index contributed by atoms with van der Waals surface area (Å²) in [6.45, 7) is 10.9. The molecule has 20 bridgehead atoms. The van der Waals surface area contributed by atoms with E-state index in [9.17, 15) is 0 Å². The Morgan fingerprint density at radius 2 is 0.360 bits per heavy atom. The molecule has 12 heteroatoms. The molecule has 20 aliphatic carbocycles. The highest BCUT2D eigenvalue weighted by Crippen LogP contribution is 2.65. The van der Waals surface area contributed by atoms with Gasteiger partial charge >= 0.3 is 0 Å². The molecule has 0 aromatic heterocycles. The van der Waals surface area contributed by atoms with Gasteiger partial charge in [-0.2, -0.15) is 0 Å². The van der Waals surface area contributed by atoms with E-state index >= 15 is 0 Å². The summed E-state index contributed by atoms with van der Waals surface area (Å²) >= 11 is 0. The standard InChI is InChI=1S/C15H24O2.C14H22O2.C13H20O2.C12H18O2.C12H20O2.C11H18O2/c1-2-4-16-15(17-5-3-1)13-7-11-6-12(9-13)10-14(15)8-11;1-2-4-16-14(15-3-1)12-6-10-5-11(8-12)9-13(14)7-10;1-2-14-13(15-3-1)11-5-9-4-10(7-11)8-12(13)6-9;1-2-14-12(13-1)10-4-8-3-9(6-10)7-11(12)5-8;1-2-6-13-12(14-7-3-1)9-10-4-5-11(12)8-10;1-2-6-13-11(12-5-1)8-9-3-4-10(11)7-9/h11-14H,1-10H2;10-13H,1-9H2;9-12H,1-8H2;8-11H,1-7H2;10-11H,1-9H2;9-10H,1-8H2. The molecule has 6 aliphatic heterocycles. The average Bonchev–Trinajstić information content (AvgIpc) is 1.86. The predicted octanol–water partition coefficient (Wildman–Crippen LogP) is 16.1. The molecule has 26 aliphatic rings. The van der Waals surface area contributed by atoms with E-state index in [0.29, 0.717) is 5.92 Å². The quantitative estimate of drug-likeness (QED) is 0.230. The maximum Gasteiger partial charge on any atom is 0.174 e. The summed E-state index contributed by atoms with van der Waals surface area (Å²) < 4.78 is 73.4. The first-order chi connectivity index (χ1) is 43.7. The van der Waals surface area contributed by atoms with Crippen LogP contribution in [0.4, 0.5) is 0 Å². The molecule has 6 heterocycles. The summed E-state index contributed by atoms with van der Waals surface area (Å²) in [6, 6.07) is 0. The smallest absolute Gasteiger partial charge is 0.174 e. The SMILES string of the molecule is C1CCOC2(CC3CCC2C3)OC1.C1CCOC2(CC3CCC2C3)OCC1.C1CCOC2(OC1)C1CC3CC(C1)CC2C3.C1CCOC2(OCC1)C1CC3CC(C1)CC2C3.C1COC2(O1)C1CC3CC(C1)CC2C3.C1COC2(OC1)C1CC3CC(C1)CC2C3. The zero-order valence-corrected chi connectivity index (χ0v) is 55.5. The summed E-state index contributed by atoms with van der Waals surface area (Å²) in [4.78, 5) is 0. The van der Waals surface area contributed by atoms with Gasteiger partial charge in [-0.15, -0.1) is 0 Å². The summed E-state index contributed by atoms with van der Waals surface area (Å²) in [5, 5.41) is 0. The van der Waals surface area contributed by atoms with Crippen molar-refractivity contribution in [1.82, 2.24) is 0 Å². The molecule has 26 fully saturated rings. The molecule has 0 N–H and O–H groups in total. The molecule has 89 heavy (non-hydrogen) atoms. The van der Waals surface area contributed by atoms with Crippen LogP contribution < -0.4 is 0 Å². The van der Waals surface area contributed by atoms with Crippen LogP contribution in [0.3, 0.4) is 0 Å². The van der Waals surface area contributed by atoms with Gasteiger partial charge in [0.1, 0.15) is 0 Å². The zero-order valence-electron chi connectivity index (χ0n) is 55.5. The maximum atomic E-state index is 6.33. The minimum Gasteiger partial charge on any atom is -0.350 e. The third-order valence-corrected chi connectivity index (χ3v) is 29.6. The van der Waals surface area contributed by atoms with Crippen LogP contribution >= 0.6 is 0 Å². The lowest BCUT2D eigenvalue weighted by atomic mass is 9.53. The minimum atomic E-state index is -0.145. The van der Waals surface area contributed by atoms with Crippen LogP contribution in [0, 0.1) is 118 Å². The largest absolute Gasteiger partial charge is 0.350 e. The Morgan fingerprint density at radius 3 is 0.584 bits per heavy atom. The van der Waals surface area contributed by atoms with Gasteiger partial charge in [-0.25, -0.2) is 0 Å². The third-order valence-electron chi connectivity index (χ3n) is 29.6. The van der Waals surface area contributed by atoms with Crippen molar-refractivity contribution in [2.24, 2.45) is 118 Å². The molecule has 502 valence electrons. The molecule has 0 amide bonds. The lowest BCUT2D eigenvalue weighted by Gasteiger charge is -2.60. The molecule has 6 spiro atoms. The molecule has 0 radical (unpaired) electrons. The first-order valence-corrected chi connectivity index (χ1v) is 39.4. The van der Waals surface area contributed by atoms with Crippen LogP contribution in [0.25, 0.3) is 0 Å². The van der Waals surface area contributed by atoms with Gasteiger partial charge in [-0.05, 0) is 297 Å². The van der Waals surface area contributed by atoms with Crippen LogP contribution in [0.15, 0.2) is 0 Å². The molecule has 6 saturated heterocycles. The van der Waals surface area contributed by atoms with E-state index in [1.807, 2.05) is 0 Å². The summed E-state index contributed by atoms with van der Waals surface area (Å²) in [6.07, 6.45) is 52.0. The second kappa shape index (κ2) is 26.1. The normalized spacial score (nSPS) is 47.7. The number of fused-ring (bicyclic) bond motifs is 6. The van der Waals surface area contributed by atoms with E-state index < -0.39 is 0 Å². The van der Waals surface area contributed by atoms with Crippen LogP contribution in [-0.4, -0.2) is 114 Å². The molecule has 0 aromatic rings. The van der Waals surface area contributed by atoms with Crippen molar-refractivity contribution in [2.75, 3.05) is 79.3 Å². The van der Waals surface area contributed by atoms with Crippen molar-refractivity contribution in [3.8, 4) is 0 Å². The molecular formula is C77H122O12. The van der Waals surface area contributed by atoms with E-state index in [2.05, 4.69) is 0 Å². The van der Waals surface area contributed by atoms with Crippen molar-refractivity contribution >= 4 is 0 Å². The van der Waals surface area contributed by atoms with Crippen molar-refractivity contribution in [3.63, 3.8) is 0 Å². The lowest BCUT2D eigenvalue weighted by molar-refractivity contribution is -0.358. The second-order valence-electron chi connectivity index (χ2n) is 35.0. The van der Waals surface area contributed by atoms with Gasteiger partial charge < -0.3 is 56.8 Å². The molecule has 4 unspecified atom stereocenters. The summed E-state index contributed by atoms with van der Waals surface area (Å²) in [7, 11) is 0. The number of hydrogen-bond acceptors (Lipinski definition) is 12. The number of hydrogen-bond donors (Lipinski definition) is 0.